The fourth-order valence-electron chi connectivity index (χ4n) is 3.23. The van der Waals surface area contributed by atoms with E-state index in [1.165, 1.54) is 11.4 Å². The van der Waals surface area contributed by atoms with E-state index in [4.69, 9.17) is 16.3 Å². The maximum Gasteiger partial charge on any atom is 0.255 e. The number of para-hydroxylation sites is 1. The number of halogens is 1. The summed E-state index contributed by atoms with van der Waals surface area (Å²) in [5.74, 6) is -0.0501. The van der Waals surface area contributed by atoms with Crippen LogP contribution in [0.3, 0.4) is 0 Å². The number of hydrogen-bond acceptors (Lipinski definition) is 5. The van der Waals surface area contributed by atoms with Gasteiger partial charge in [-0.1, -0.05) is 23.7 Å². The van der Waals surface area contributed by atoms with Crippen molar-refractivity contribution in [1.82, 2.24) is 9.62 Å². The first-order valence-corrected chi connectivity index (χ1v) is 11.3. The molecule has 3 rings (SSSR count). The molecular formula is C20H24ClN3O4S. The highest BCUT2D eigenvalue weighted by Crippen LogP contribution is 2.20. The van der Waals surface area contributed by atoms with Crippen LogP contribution in [0.2, 0.25) is 5.02 Å². The number of carbonyl (C=O) groups is 1. The van der Waals surface area contributed by atoms with Gasteiger partial charge in [-0.2, -0.15) is 4.31 Å². The first-order chi connectivity index (χ1) is 13.9. The molecule has 1 amide bonds. The van der Waals surface area contributed by atoms with Crippen molar-refractivity contribution < 1.29 is 17.9 Å². The number of nitrogens with zero attached hydrogens (tertiary/aromatic N) is 2. The van der Waals surface area contributed by atoms with Gasteiger partial charge in [-0.15, -0.1) is 0 Å². The molecule has 1 N–H and O–H groups in total. The van der Waals surface area contributed by atoms with E-state index in [-0.39, 0.29) is 18.2 Å². The van der Waals surface area contributed by atoms with E-state index in [0.717, 1.165) is 5.69 Å². The number of benzene rings is 2. The molecule has 1 aliphatic rings. The maximum atomic E-state index is 12.6. The summed E-state index contributed by atoms with van der Waals surface area (Å²) in [6.45, 7) is 2.07. The lowest BCUT2D eigenvalue weighted by Gasteiger charge is -2.35. The second kappa shape index (κ2) is 9.47. The average molecular weight is 438 g/mol. The maximum absolute atomic E-state index is 12.6. The van der Waals surface area contributed by atoms with Crippen LogP contribution in [0, 0.1) is 0 Å². The van der Waals surface area contributed by atoms with Gasteiger partial charge in [0.05, 0.1) is 18.4 Å². The zero-order chi connectivity index (χ0) is 20.9. The predicted octanol–water partition coefficient (Wildman–Crippen LogP) is 2.23. The molecule has 9 heteroatoms. The van der Waals surface area contributed by atoms with Gasteiger partial charge in [0.15, 0.2) is 0 Å². The molecule has 2 aromatic carbocycles. The Hall–Kier alpha value is -2.29. The molecule has 29 heavy (non-hydrogen) atoms. The van der Waals surface area contributed by atoms with Crippen LogP contribution in [0.5, 0.6) is 5.75 Å². The molecule has 1 heterocycles. The SMILES string of the molecule is COc1ccccc1C(=O)NCCS(=O)(=O)N1CCN(c2ccc(Cl)cc2)CC1. The number of methoxy groups -OCH3 is 1. The van der Waals surface area contributed by atoms with E-state index < -0.39 is 10.0 Å². The Morgan fingerprint density at radius 2 is 1.72 bits per heavy atom. The molecule has 1 fully saturated rings. The fourth-order valence-corrected chi connectivity index (χ4v) is 4.69. The molecular weight excluding hydrogens is 414 g/mol. The number of piperazine rings is 1. The Labute approximate surface area is 176 Å². The third-order valence-electron chi connectivity index (χ3n) is 4.82. The Bertz CT molecular complexity index is 942. The monoisotopic (exact) mass is 437 g/mol. The van der Waals surface area contributed by atoms with Crippen LogP contribution in [-0.4, -0.2) is 64.2 Å². The van der Waals surface area contributed by atoms with E-state index in [0.29, 0.717) is 42.5 Å². The van der Waals surface area contributed by atoms with Crippen LogP contribution in [0.15, 0.2) is 48.5 Å². The van der Waals surface area contributed by atoms with Crippen LogP contribution in [0.25, 0.3) is 0 Å². The highest BCUT2D eigenvalue weighted by Gasteiger charge is 2.27. The molecule has 2 aromatic rings. The molecule has 0 unspecified atom stereocenters. The third-order valence-corrected chi connectivity index (χ3v) is 6.94. The zero-order valence-corrected chi connectivity index (χ0v) is 17.7. The molecule has 0 spiro atoms. The Morgan fingerprint density at radius 1 is 1.07 bits per heavy atom. The lowest BCUT2D eigenvalue weighted by molar-refractivity contribution is 0.0953. The molecule has 1 saturated heterocycles. The normalized spacial score (nSPS) is 15.2. The number of carbonyl (C=O) groups excluding carboxylic acids is 1. The molecule has 0 atom stereocenters. The summed E-state index contributed by atoms with van der Waals surface area (Å²) in [4.78, 5) is 14.4. The van der Waals surface area contributed by atoms with Crippen molar-refractivity contribution in [2.75, 3.05) is 50.5 Å². The summed E-state index contributed by atoms with van der Waals surface area (Å²) < 4.78 is 31.9. The quantitative estimate of drug-likeness (QED) is 0.718. The number of hydrogen-bond donors (Lipinski definition) is 1. The van der Waals surface area contributed by atoms with Crippen LogP contribution in [0.1, 0.15) is 10.4 Å². The number of nitrogens with one attached hydrogen (secondary N) is 1. The number of anilines is 1. The first-order valence-electron chi connectivity index (χ1n) is 9.30. The van der Waals surface area contributed by atoms with E-state index in [1.54, 1.807) is 24.3 Å². The van der Waals surface area contributed by atoms with Crippen LogP contribution in [-0.2, 0) is 10.0 Å². The van der Waals surface area contributed by atoms with E-state index in [9.17, 15) is 13.2 Å². The standard InChI is InChI=1S/C20H24ClN3O4S/c1-28-19-5-3-2-4-18(19)20(25)22-10-15-29(26,27)24-13-11-23(12-14-24)17-8-6-16(21)7-9-17/h2-9H,10-15H2,1H3,(H,22,25). The smallest absolute Gasteiger partial charge is 0.255 e. The van der Waals surface area contributed by atoms with Crippen molar-refractivity contribution in [2.24, 2.45) is 0 Å². The summed E-state index contributed by atoms with van der Waals surface area (Å²) in [7, 11) is -1.96. The van der Waals surface area contributed by atoms with Crippen LogP contribution < -0.4 is 15.0 Å². The second-order valence-corrected chi connectivity index (χ2v) is 9.16. The Kier molecular flexibility index (Phi) is 7.00. The summed E-state index contributed by atoms with van der Waals surface area (Å²) in [6, 6.07) is 14.3. The number of amides is 1. The van der Waals surface area contributed by atoms with E-state index in [1.807, 2.05) is 24.3 Å². The minimum Gasteiger partial charge on any atom is -0.496 e. The topological polar surface area (TPSA) is 78.9 Å². The van der Waals surface area contributed by atoms with Gasteiger partial charge in [0.2, 0.25) is 10.0 Å². The molecule has 7 nitrogen and oxygen atoms in total. The van der Waals surface area contributed by atoms with Gasteiger partial charge >= 0.3 is 0 Å². The predicted molar refractivity (Wildman–Crippen MR) is 114 cm³/mol. The van der Waals surface area contributed by atoms with Gasteiger partial charge in [0, 0.05) is 43.4 Å². The molecule has 156 valence electrons. The molecule has 0 saturated carbocycles. The molecule has 0 bridgehead atoms. The van der Waals surface area contributed by atoms with Gasteiger partial charge in [-0.25, -0.2) is 8.42 Å². The van der Waals surface area contributed by atoms with Crippen molar-refractivity contribution in [2.45, 2.75) is 0 Å². The van der Waals surface area contributed by atoms with Crippen molar-refractivity contribution in [1.29, 1.82) is 0 Å². The molecule has 0 aliphatic carbocycles. The summed E-state index contributed by atoms with van der Waals surface area (Å²) >= 11 is 5.92. The molecule has 1 aliphatic heterocycles. The van der Waals surface area contributed by atoms with Crippen LogP contribution >= 0.6 is 11.6 Å². The second-order valence-electron chi connectivity index (χ2n) is 6.63. The number of ether oxygens (including phenoxy) is 1. The first kappa shape index (κ1) is 21.4. The van der Waals surface area contributed by atoms with Crippen molar-refractivity contribution in [3.8, 4) is 5.75 Å². The summed E-state index contributed by atoms with van der Waals surface area (Å²) in [6.07, 6.45) is 0. The zero-order valence-electron chi connectivity index (χ0n) is 16.2. The largest absolute Gasteiger partial charge is 0.496 e. The van der Waals surface area contributed by atoms with Gasteiger partial charge < -0.3 is 15.0 Å². The fraction of sp³-hybridized carbons (Fsp3) is 0.350. The van der Waals surface area contributed by atoms with E-state index in [2.05, 4.69) is 10.2 Å². The highest BCUT2D eigenvalue weighted by atomic mass is 35.5. The lowest BCUT2D eigenvalue weighted by atomic mass is 10.2. The Morgan fingerprint density at radius 3 is 2.38 bits per heavy atom. The van der Waals surface area contributed by atoms with Crippen molar-refractivity contribution >= 4 is 33.2 Å². The minimum absolute atomic E-state index is 0.0383. The van der Waals surface area contributed by atoms with Gasteiger partial charge in [-0.3, -0.25) is 4.79 Å². The van der Waals surface area contributed by atoms with Gasteiger partial charge in [0.1, 0.15) is 5.75 Å². The number of sulfonamides is 1. The van der Waals surface area contributed by atoms with Crippen molar-refractivity contribution in [3.05, 3.63) is 59.1 Å². The summed E-state index contributed by atoms with van der Waals surface area (Å²) in [5, 5.41) is 3.33. The molecule has 0 radical (unpaired) electrons. The lowest BCUT2D eigenvalue weighted by Crippen LogP contribution is -2.50. The molecule has 0 aromatic heterocycles. The van der Waals surface area contributed by atoms with Gasteiger partial charge in [-0.05, 0) is 36.4 Å². The Balaban J connectivity index is 1.50. The van der Waals surface area contributed by atoms with Crippen LogP contribution in [0.4, 0.5) is 5.69 Å². The number of rotatable bonds is 7. The van der Waals surface area contributed by atoms with Gasteiger partial charge in [0.25, 0.3) is 5.91 Å². The minimum atomic E-state index is -3.45. The van der Waals surface area contributed by atoms with E-state index >= 15 is 0 Å². The van der Waals surface area contributed by atoms with Crippen molar-refractivity contribution in [3.63, 3.8) is 0 Å². The third kappa shape index (κ3) is 5.41. The highest BCUT2D eigenvalue weighted by molar-refractivity contribution is 7.89. The summed E-state index contributed by atoms with van der Waals surface area (Å²) in [5.41, 5.74) is 1.40. The average Bonchev–Trinajstić information content (AvgIpc) is 2.74.